The molecule has 0 spiro atoms. The molecule has 3 aromatic carbocycles. The Bertz CT molecular complexity index is 1150. The van der Waals surface area contributed by atoms with Crippen LogP contribution in [0, 0.1) is 0 Å². The molecule has 7 heteroatoms. The summed E-state index contributed by atoms with van der Waals surface area (Å²) in [5.74, 6) is -1.50. The number of imide groups is 1. The van der Waals surface area contributed by atoms with Crippen molar-refractivity contribution in [2.24, 2.45) is 0 Å². The lowest BCUT2D eigenvalue weighted by molar-refractivity contribution is -0.150. The number of carbonyl (C=O) groups is 3. The van der Waals surface area contributed by atoms with Crippen LogP contribution in [-0.2, 0) is 20.7 Å². The Hall–Kier alpha value is -3.97. The number of aliphatic hydroxyl groups excluding tert-OH is 1. The fourth-order valence-corrected chi connectivity index (χ4v) is 4.08. The van der Waals surface area contributed by atoms with Crippen LogP contribution in [0.3, 0.4) is 0 Å². The van der Waals surface area contributed by atoms with Gasteiger partial charge in [-0.05, 0) is 23.6 Å². The maximum absolute atomic E-state index is 13.7. The summed E-state index contributed by atoms with van der Waals surface area (Å²) in [6, 6.07) is 26.2. The molecule has 3 atom stereocenters. The highest BCUT2D eigenvalue weighted by Crippen LogP contribution is 2.35. The topological polar surface area (TPSA) is 95.9 Å². The molecule has 1 heterocycles. The second-order valence-electron chi connectivity index (χ2n) is 8.26. The summed E-state index contributed by atoms with van der Waals surface area (Å²) < 4.78 is 5.56. The lowest BCUT2D eigenvalue weighted by Crippen LogP contribution is -2.55. The molecule has 0 aliphatic carbocycles. The maximum atomic E-state index is 13.7. The molecular formula is C27H26N2O5. The molecule has 1 fully saturated rings. The molecule has 1 saturated heterocycles. The van der Waals surface area contributed by atoms with Gasteiger partial charge in [-0.2, -0.15) is 0 Å². The average molecular weight is 459 g/mol. The van der Waals surface area contributed by atoms with Gasteiger partial charge in [-0.1, -0.05) is 91.0 Å². The lowest BCUT2D eigenvalue weighted by Gasteiger charge is -2.26. The van der Waals surface area contributed by atoms with Crippen molar-refractivity contribution in [3.05, 3.63) is 108 Å². The average Bonchev–Trinajstić information content (AvgIpc) is 3.13. The van der Waals surface area contributed by atoms with E-state index in [2.05, 4.69) is 5.32 Å². The van der Waals surface area contributed by atoms with Gasteiger partial charge in [0.05, 0.1) is 12.1 Å². The summed E-state index contributed by atoms with van der Waals surface area (Å²) in [5, 5.41) is 13.1. The number of benzene rings is 3. The van der Waals surface area contributed by atoms with Gasteiger partial charge in [0.2, 0.25) is 0 Å². The fourth-order valence-electron chi connectivity index (χ4n) is 4.08. The zero-order chi connectivity index (χ0) is 24.1. The van der Waals surface area contributed by atoms with E-state index < -0.39 is 35.7 Å². The number of cyclic esters (lactones) is 1. The third kappa shape index (κ3) is 4.56. The Balaban J connectivity index is 1.61. The Kier molecular flexibility index (Phi) is 6.75. The molecule has 1 aliphatic heterocycles. The number of nitrogens with zero attached hydrogens (tertiary/aromatic N) is 1. The fraction of sp³-hybridized carbons (Fsp3) is 0.222. The molecule has 0 aromatic heterocycles. The van der Waals surface area contributed by atoms with Gasteiger partial charge in [0.1, 0.15) is 0 Å². The van der Waals surface area contributed by atoms with Crippen molar-refractivity contribution in [2.45, 2.75) is 31.1 Å². The number of amides is 3. The number of ether oxygens (including phenoxy) is 1. The van der Waals surface area contributed by atoms with Crippen molar-refractivity contribution in [3.8, 4) is 0 Å². The number of rotatable bonds is 8. The monoisotopic (exact) mass is 458 g/mol. The largest absolute Gasteiger partial charge is 0.422 e. The van der Waals surface area contributed by atoms with E-state index in [1.807, 2.05) is 30.3 Å². The number of hydrogen-bond donors (Lipinski definition) is 2. The second kappa shape index (κ2) is 9.89. The lowest BCUT2D eigenvalue weighted by atomic mass is 9.91. The minimum absolute atomic E-state index is 0.121. The molecule has 1 aliphatic rings. The Morgan fingerprint density at radius 2 is 1.44 bits per heavy atom. The molecular weight excluding hydrogens is 432 g/mol. The second-order valence-corrected chi connectivity index (χ2v) is 8.26. The standard InChI is InChI=1S/C27H26N2O5/c1-19(21-13-7-3-8-14-21)29-25(32)27(34-26(29)33,17-20-11-5-2-6-12-20)24(31)28-18-23(30)22-15-9-4-10-16-22/h2-16,19,23,30H,17-18H2,1H3,(H,28,31)/t19-,23?,27-/m1/s1. The van der Waals surface area contributed by atoms with Gasteiger partial charge in [0.15, 0.2) is 0 Å². The van der Waals surface area contributed by atoms with Gasteiger partial charge in [0, 0.05) is 13.0 Å². The van der Waals surface area contributed by atoms with Crippen molar-refractivity contribution in [2.75, 3.05) is 6.54 Å². The van der Waals surface area contributed by atoms with Crippen LogP contribution in [0.25, 0.3) is 0 Å². The summed E-state index contributed by atoms with van der Waals surface area (Å²) in [6.07, 6.45) is -1.98. The molecule has 34 heavy (non-hydrogen) atoms. The quantitative estimate of drug-likeness (QED) is 0.503. The summed E-state index contributed by atoms with van der Waals surface area (Å²) in [6.45, 7) is 1.57. The number of aliphatic hydroxyl groups is 1. The Labute approximate surface area is 198 Å². The van der Waals surface area contributed by atoms with Crippen LogP contribution in [0.2, 0.25) is 0 Å². The number of hydrogen-bond acceptors (Lipinski definition) is 5. The van der Waals surface area contributed by atoms with Gasteiger partial charge in [-0.3, -0.25) is 9.59 Å². The van der Waals surface area contributed by atoms with Gasteiger partial charge < -0.3 is 15.2 Å². The van der Waals surface area contributed by atoms with E-state index in [9.17, 15) is 19.5 Å². The number of carbonyl (C=O) groups excluding carboxylic acids is 3. The third-order valence-corrected chi connectivity index (χ3v) is 5.99. The van der Waals surface area contributed by atoms with E-state index in [1.165, 1.54) is 0 Å². The molecule has 2 N–H and O–H groups in total. The molecule has 0 bridgehead atoms. The van der Waals surface area contributed by atoms with Gasteiger partial charge in [-0.15, -0.1) is 0 Å². The molecule has 0 saturated carbocycles. The highest BCUT2D eigenvalue weighted by Gasteiger charge is 2.60. The van der Waals surface area contributed by atoms with Crippen LogP contribution >= 0.6 is 0 Å². The third-order valence-electron chi connectivity index (χ3n) is 5.99. The molecule has 4 rings (SSSR count). The van der Waals surface area contributed by atoms with E-state index in [0.717, 1.165) is 10.5 Å². The molecule has 0 radical (unpaired) electrons. The van der Waals surface area contributed by atoms with Crippen LogP contribution in [0.5, 0.6) is 0 Å². The molecule has 7 nitrogen and oxygen atoms in total. The van der Waals surface area contributed by atoms with E-state index >= 15 is 0 Å². The first kappa shape index (κ1) is 23.2. The van der Waals surface area contributed by atoms with Gasteiger partial charge >= 0.3 is 6.09 Å². The highest BCUT2D eigenvalue weighted by atomic mass is 16.6. The van der Waals surface area contributed by atoms with Crippen molar-refractivity contribution < 1.29 is 24.2 Å². The first-order chi connectivity index (χ1) is 16.4. The predicted octanol–water partition coefficient (Wildman–Crippen LogP) is 3.56. The summed E-state index contributed by atoms with van der Waals surface area (Å²) in [5.41, 5.74) is -0.0495. The van der Waals surface area contributed by atoms with Gasteiger partial charge in [-0.25, -0.2) is 9.69 Å². The molecule has 174 valence electrons. The van der Waals surface area contributed by atoms with Crippen LogP contribution in [0.1, 0.15) is 35.8 Å². The van der Waals surface area contributed by atoms with Crippen molar-refractivity contribution in [1.82, 2.24) is 10.2 Å². The zero-order valence-corrected chi connectivity index (χ0v) is 18.8. The van der Waals surface area contributed by atoms with Crippen molar-refractivity contribution in [1.29, 1.82) is 0 Å². The molecule has 3 aromatic rings. The number of nitrogens with one attached hydrogen (secondary N) is 1. The molecule has 3 amide bonds. The Morgan fingerprint density at radius 1 is 0.912 bits per heavy atom. The first-order valence-corrected chi connectivity index (χ1v) is 11.1. The van der Waals surface area contributed by atoms with E-state index in [0.29, 0.717) is 11.1 Å². The van der Waals surface area contributed by atoms with Crippen LogP contribution in [0.4, 0.5) is 4.79 Å². The zero-order valence-electron chi connectivity index (χ0n) is 18.8. The van der Waals surface area contributed by atoms with E-state index in [4.69, 9.17) is 4.74 Å². The predicted molar refractivity (Wildman–Crippen MR) is 125 cm³/mol. The van der Waals surface area contributed by atoms with E-state index in [1.54, 1.807) is 67.6 Å². The van der Waals surface area contributed by atoms with Crippen LogP contribution in [-0.4, -0.2) is 40.1 Å². The highest BCUT2D eigenvalue weighted by molar-refractivity contribution is 6.17. The van der Waals surface area contributed by atoms with E-state index in [-0.39, 0.29) is 13.0 Å². The minimum atomic E-state index is -2.07. The minimum Gasteiger partial charge on any atom is -0.422 e. The SMILES string of the molecule is C[C@H](c1ccccc1)N1C(=O)O[C@](Cc2ccccc2)(C(=O)NCC(O)c2ccccc2)C1=O. The normalized spacial score (nSPS) is 19.4. The van der Waals surface area contributed by atoms with Crippen LogP contribution in [0.15, 0.2) is 91.0 Å². The first-order valence-electron chi connectivity index (χ1n) is 11.1. The summed E-state index contributed by atoms with van der Waals surface area (Å²) in [4.78, 5) is 41.0. The Morgan fingerprint density at radius 3 is 2.03 bits per heavy atom. The van der Waals surface area contributed by atoms with Crippen molar-refractivity contribution >= 4 is 17.9 Å². The maximum Gasteiger partial charge on any atom is 0.418 e. The summed E-state index contributed by atoms with van der Waals surface area (Å²) >= 11 is 0. The van der Waals surface area contributed by atoms with Crippen LogP contribution < -0.4 is 5.32 Å². The van der Waals surface area contributed by atoms with Crippen molar-refractivity contribution in [3.63, 3.8) is 0 Å². The summed E-state index contributed by atoms with van der Waals surface area (Å²) in [7, 11) is 0. The molecule has 1 unspecified atom stereocenters. The smallest absolute Gasteiger partial charge is 0.418 e. The van der Waals surface area contributed by atoms with Gasteiger partial charge in [0.25, 0.3) is 17.4 Å².